The van der Waals surface area contributed by atoms with Gasteiger partial charge in [-0.25, -0.2) is 0 Å². The third-order valence-electron chi connectivity index (χ3n) is 5.53. The summed E-state index contributed by atoms with van der Waals surface area (Å²) in [4.78, 5) is 12.1. The Morgan fingerprint density at radius 1 is 1.39 bits per heavy atom. The minimum absolute atomic E-state index is 0.0156. The van der Waals surface area contributed by atoms with E-state index in [1.165, 1.54) is 0 Å². The number of fused-ring (bicyclic) bond motifs is 1. The number of carbonyl (C=O) groups is 1. The van der Waals surface area contributed by atoms with E-state index in [-0.39, 0.29) is 29.1 Å². The molecule has 23 heavy (non-hydrogen) atoms. The fourth-order valence-electron chi connectivity index (χ4n) is 4.12. The van der Waals surface area contributed by atoms with Crippen LogP contribution in [0, 0.1) is 17.3 Å². The van der Waals surface area contributed by atoms with Gasteiger partial charge in [-0.1, -0.05) is 54.7 Å². The van der Waals surface area contributed by atoms with Gasteiger partial charge in [0, 0.05) is 23.8 Å². The summed E-state index contributed by atoms with van der Waals surface area (Å²) in [6, 6.07) is 0. The predicted molar refractivity (Wildman–Crippen MR) is 91.7 cm³/mol. The zero-order valence-electron chi connectivity index (χ0n) is 13.4. The van der Waals surface area contributed by atoms with E-state index in [9.17, 15) is 4.79 Å². The second-order valence-electron chi connectivity index (χ2n) is 7.25. The molecule has 5 atom stereocenters. The van der Waals surface area contributed by atoms with E-state index in [1.807, 2.05) is 6.92 Å². The van der Waals surface area contributed by atoms with Crippen LogP contribution in [0.1, 0.15) is 33.6 Å². The number of halogens is 3. The van der Waals surface area contributed by atoms with Crippen molar-refractivity contribution in [2.24, 2.45) is 17.3 Å². The van der Waals surface area contributed by atoms with Crippen LogP contribution in [0.3, 0.4) is 0 Å². The minimum atomic E-state index is -1.47. The first-order chi connectivity index (χ1) is 10.6. The molecule has 0 N–H and O–H groups in total. The Labute approximate surface area is 151 Å². The Hall–Kier alpha value is -0.0600. The summed E-state index contributed by atoms with van der Waals surface area (Å²) in [6.07, 6.45) is 1.49. The summed E-state index contributed by atoms with van der Waals surface area (Å²) in [5.74, 6) is 0.471. The van der Waals surface area contributed by atoms with Gasteiger partial charge in [-0.3, -0.25) is 4.79 Å². The van der Waals surface area contributed by atoms with Crippen LogP contribution < -0.4 is 0 Å². The highest BCUT2D eigenvalue weighted by molar-refractivity contribution is 6.68. The molecule has 0 aromatic rings. The number of ether oxygens (including phenoxy) is 2. The lowest BCUT2D eigenvalue weighted by molar-refractivity contribution is -0.181. The summed E-state index contributed by atoms with van der Waals surface area (Å²) in [7, 11) is 0. The van der Waals surface area contributed by atoms with Crippen LogP contribution in [0.25, 0.3) is 0 Å². The molecule has 0 radical (unpaired) electrons. The average molecular weight is 380 g/mol. The van der Waals surface area contributed by atoms with Crippen molar-refractivity contribution in [3.63, 3.8) is 0 Å². The van der Waals surface area contributed by atoms with Crippen molar-refractivity contribution in [2.75, 3.05) is 0 Å². The smallest absolute Gasteiger partial charge is 0.216 e. The number of hydrogen-bond donors (Lipinski definition) is 0. The maximum Gasteiger partial charge on any atom is 0.216 e. The molecule has 6 heteroatoms. The zero-order valence-corrected chi connectivity index (χ0v) is 15.7. The third kappa shape index (κ3) is 2.89. The van der Waals surface area contributed by atoms with Crippen molar-refractivity contribution in [3.8, 4) is 0 Å². The standard InChI is InChI=1S/C17H21Cl3O3/c1-5-6-9-8(2)11(7-10(9)21)22-15-13-12(16(13,3)4)14(23-15)17(18,19)20/h5,11-15H,1,6-7H2,2-4H3/t11-,12?,13?,14?,15?/m1/s1. The Balaban J connectivity index is 1.75. The highest BCUT2D eigenvalue weighted by Gasteiger charge is 2.73. The molecule has 0 aromatic carbocycles. The molecule has 1 heterocycles. The minimum Gasteiger partial charge on any atom is -0.344 e. The summed E-state index contributed by atoms with van der Waals surface area (Å²) >= 11 is 18.2. The van der Waals surface area contributed by atoms with Crippen molar-refractivity contribution < 1.29 is 14.3 Å². The Morgan fingerprint density at radius 2 is 2.04 bits per heavy atom. The molecule has 1 aliphatic heterocycles. The van der Waals surface area contributed by atoms with Crippen LogP contribution >= 0.6 is 34.8 Å². The monoisotopic (exact) mass is 378 g/mol. The molecule has 2 aliphatic carbocycles. The second-order valence-corrected chi connectivity index (χ2v) is 9.61. The Bertz CT molecular complexity index is 576. The van der Waals surface area contributed by atoms with Gasteiger partial charge in [0.2, 0.25) is 3.79 Å². The summed E-state index contributed by atoms with van der Waals surface area (Å²) < 4.78 is 10.6. The van der Waals surface area contributed by atoms with Crippen LogP contribution in [0.15, 0.2) is 23.8 Å². The molecule has 3 rings (SSSR count). The molecule has 0 aromatic heterocycles. The number of Topliss-reactive ketones (excluding diaryl/α,β-unsaturated/α-hetero) is 1. The molecular formula is C17H21Cl3O3. The van der Waals surface area contributed by atoms with Crippen molar-refractivity contribution in [3.05, 3.63) is 23.8 Å². The normalized spacial score (nSPS) is 38.9. The van der Waals surface area contributed by atoms with E-state index >= 15 is 0 Å². The van der Waals surface area contributed by atoms with Gasteiger partial charge in [0.05, 0.1) is 6.10 Å². The number of rotatable bonds is 4. The van der Waals surface area contributed by atoms with Crippen molar-refractivity contribution >= 4 is 40.6 Å². The van der Waals surface area contributed by atoms with E-state index in [4.69, 9.17) is 44.3 Å². The third-order valence-corrected chi connectivity index (χ3v) is 6.18. The van der Waals surface area contributed by atoms with Crippen LogP contribution in [0.2, 0.25) is 0 Å². The van der Waals surface area contributed by atoms with Crippen LogP contribution in [-0.4, -0.2) is 28.1 Å². The fraction of sp³-hybridized carbons (Fsp3) is 0.706. The maximum absolute atomic E-state index is 12.1. The molecule has 0 spiro atoms. The van der Waals surface area contributed by atoms with E-state index in [1.54, 1.807) is 6.08 Å². The van der Waals surface area contributed by atoms with Gasteiger partial charge in [-0.2, -0.15) is 0 Å². The number of allylic oxidation sites excluding steroid dienone is 2. The van der Waals surface area contributed by atoms with Gasteiger partial charge in [0.15, 0.2) is 12.1 Å². The molecule has 128 valence electrons. The zero-order chi connectivity index (χ0) is 17.2. The summed E-state index contributed by atoms with van der Waals surface area (Å²) in [5, 5.41) is 0. The first-order valence-corrected chi connectivity index (χ1v) is 8.93. The molecule has 3 aliphatic rings. The van der Waals surface area contributed by atoms with Crippen molar-refractivity contribution in [2.45, 2.75) is 55.9 Å². The van der Waals surface area contributed by atoms with Gasteiger partial charge in [-0.15, -0.1) is 6.58 Å². The SMILES string of the molecule is C=CCC1=C(C)[C@H](OC2OC(C(Cl)(Cl)Cl)C3C2C3(C)C)CC1=O. The average Bonchev–Trinajstić information content (AvgIpc) is 2.72. The van der Waals surface area contributed by atoms with E-state index in [0.29, 0.717) is 12.8 Å². The van der Waals surface area contributed by atoms with Gasteiger partial charge in [0.25, 0.3) is 0 Å². The fourth-order valence-corrected chi connectivity index (χ4v) is 4.68. The summed E-state index contributed by atoms with van der Waals surface area (Å²) in [5.41, 5.74) is 1.78. The largest absolute Gasteiger partial charge is 0.344 e. The lowest BCUT2D eigenvalue weighted by atomic mass is 10.0. The molecule has 3 nitrogen and oxygen atoms in total. The molecule has 1 saturated carbocycles. The molecule has 2 fully saturated rings. The lowest BCUT2D eigenvalue weighted by Crippen LogP contribution is -2.35. The number of carbonyl (C=O) groups excluding carboxylic acids is 1. The van der Waals surface area contributed by atoms with Crippen molar-refractivity contribution in [1.82, 2.24) is 0 Å². The molecule has 1 saturated heterocycles. The Kier molecular flexibility index (Phi) is 4.43. The Morgan fingerprint density at radius 3 is 2.57 bits per heavy atom. The molecule has 0 amide bonds. The first-order valence-electron chi connectivity index (χ1n) is 7.80. The number of hydrogen-bond acceptors (Lipinski definition) is 3. The quantitative estimate of drug-likeness (QED) is 0.529. The topological polar surface area (TPSA) is 35.5 Å². The molecule has 4 unspecified atom stereocenters. The van der Waals surface area contributed by atoms with Gasteiger partial charge in [-0.05, 0) is 24.3 Å². The molecular weight excluding hydrogens is 359 g/mol. The number of alkyl halides is 3. The van der Waals surface area contributed by atoms with Crippen LogP contribution in [0.5, 0.6) is 0 Å². The predicted octanol–water partition coefficient (Wildman–Crippen LogP) is 4.60. The highest BCUT2D eigenvalue weighted by atomic mass is 35.6. The van der Waals surface area contributed by atoms with Gasteiger partial charge in [0.1, 0.15) is 6.10 Å². The highest BCUT2D eigenvalue weighted by Crippen LogP contribution is 2.70. The van der Waals surface area contributed by atoms with E-state index in [0.717, 1.165) is 11.1 Å². The molecule has 0 bridgehead atoms. The van der Waals surface area contributed by atoms with E-state index in [2.05, 4.69) is 20.4 Å². The number of ketones is 1. The van der Waals surface area contributed by atoms with Crippen LogP contribution in [0.4, 0.5) is 0 Å². The first kappa shape index (κ1) is 17.8. The van der Waals surface area contributed by atoms with Crippen molar-refractivity contribution in [1.29, 1.82) is 0 Å². The van der Waals surface area contributed by atoms with E-state index < -0.39 is 16.2 Å². The van der Waals surface area contributed by atoms with Gasteiger partial charge >= 0.3 is 0 Å². The lowest BCUT2D eigenvalue weighted by Gasteiger charge is -2.29. The van der Waals surface area contributed by atoms with Gasteiger partial charge < -0.3 is 9.47 Å². The summed E-state index contributed by atoms with van der Waals surface area (Å²) in [6.45, 7) is 9.91. The maximum atomic E-state index is 12.1. The second kappa shape index (κ2) is 5.74. The van der Waals surface area contributed by atoms with Crippen LogP contribution in [-0.2, 0) is 14.3 Å².